The molecular weight excluding hydrogens is 499 g/mol. The number of amides is 1. The summed E-state index contributed by atoms with van der Waals surface area (Å²) in [6.07, 6.45) is -11.2. The minimum Gasteiger partial charge on any atom is -0.497 e. The lowest BCUT2D eigenvalue weighted by Crippen LogP contribution is -2.45. The fraction of sp³-hybridized carbons (Fsp3) is 0.640. The quantitative estimate of drug-likeness (QED) is 0.370. The van der Waals surface area contributed by atoms with Gasteiger partial charge in [0.2, 0.25) is 0 Å². The van der Waals surface area contributed by atoms with Gasteiger partial charge in [-0.05, 0) is 65.7 Å². The van der Waals surface area contributed by atoms with E-state index in [4.69, 9.17) is 23.7 Å². The average Bonchev–Trinajstić information content (AvgIpc) is 3.01. The van der Waals surface area contributed by atoms with Crippen LogP contribution in [0.2, 0.25) is 0 Å². The molecule has 0 radical (unpaired) electrons. The SMILES string of the molecule is COc1ccc(C[C@@H]2[C@H](OC(=O)CC(F)(F)F)[C@@H](OC(=O)OC(C)(C)C)CN2C(=O)OC(C)(C)C)cc1. The average molecular weight is 534 g/mol. The number of hydrogen-bond acceptors (Lipinski definition) is 8. The molecule has 3 atom stereocenters. The van der Waals surface area contributed by atoms with Crippen LogP contribution >= 0.6 is 0 Å². The van der Waals surface area contributed by atoms with Gasteiger partial charge in [-0.2, -0.15) is 13.2 Å². The van der Waals surface area contributed by atoms with E-state index in [1.54, 1.807) is 65.8 Å². The molecule has 0 bridgehead atoms. The highest BCUT2D eigenvalue weighted by Crippen LogP contribution is 2.31. The Morgan fingerprint density at radius 2 is 1.49 bits per heavy atom. The van der Waals surface area contributed by atoms with E-state index < -0.39 is 60.3 Å². The Balaban J connectivity index is 2.43. The number of esters is 1. The van der Waals surface area contributed by atoms with Gasteiger partial charge in [0, 0.05) is 0 Å². The Labute approximate surface area is 214 Å². The first-order valence-electron chi connectivity index (χ1n) is 11.7. The molecule has 1 fully saturated rings. The topological polar surface area (TPSA) is 101 Å². The van der Waals surface area contributed by atoms with Gasteiger partial charge in [-0.25, -0.2) is 9.59 Å². The summed E-state index contributed by atoms with van der Waals surface area (Å²) in [5.41, 5.74) is -1.16. The summed E-state index contributed by atoms with van der Waals surface area (Å²) in [6, 6.07) is 5.72. The van der Waals surface area contributed by atoms with E-state index in [0.29, 0.717) is 11.3 Å². The first kappa shape index (κ1) is 30.0. The van der Waals surface area contributed by atoms with E-state index in [1.807, 2.05) is 0 Å². The molecule has 1 aromatic carbocycles. The van der Waals surface area contributed by atoms with Crippen molar-refractivity contribution in [3.8, 4) is 5.75 Å². The highest BCUT2D eigenvalue weighted by Gasteiger charge is 2.50. The molecule has 9 nitrogen and oxygen atoms in total. The molecule has 37 heavy (non-hydrogen) atoms. The van der Waals surface area contributed by atoms with E-state index in [-0.39, 0.29) is 13.0 Å². The van der Waals surface area contributed by atoms with Crippen LogP contribution in [0.3, 0.4) is 0 Å². The molecule has 208 valence electrons. The zero-order chi connectivity index (χ0) is 28.2. The third-order valence-corrected chi connectivity index (χ3v) is 5.00. The first-order chi connectivity index (χ1) is 16.9. The summed E-state index contributed by atoms with van der Waals surface area (Å²) in [4.78, 5) is 38.9. The number of carbonyl (C=O) groups excluding carboxylic acids is 3. The predicted octanol–water partition coefficient (Wildman–Crippen LogP) is 5.04. The number of ether oxygens (including phenoxy) is 5. The predicted molar refractivity (Wildman–Crippen MR) is 125 cm³/mol. The van der Waals surface area contributed by atoms with E-state index in [0.717, 1.165) is 0 Å². The van der Waals surface area contributed by atoms with Crippen LogP contribution in [0.15, 0.2) is 24.3 Å². The van der Waals surface area contributed by atoms with Gasteiger partial charge < -0.3 is 23.7 Å². The molecule has 1 saturated heterocycles. The van der Waals surface area contributed by atoms with Crippen molar-refractivity contribution in [2.75, 3.05) is 13.7 Å². The maximum Gasteiger partial charge on any atom is 0.509 e. The van der Waals surface area contributed by atoms with Crippen molar-refractivity contribution in [3.05, 3.63) is 29.8 Å². The lowest BCUT2D eigenvalue weighted by Gasteiger charge is -2.30. The molecule has 1 aliphatic heterocycles. The Morgan fingerprint density at radius 3 is 1.97 bits per heavy atom. The van der Waals surface area contributed by atoms with Crippen molar-refractivity contribution in [1.29, 1.82) is 0 Å². The number of likely N-dealkylation sites (tertiary alicyclic amines) is 1. The summed E-state index contributed by atoms with van der Waals surface area (Å²) >= 11 is 0. The second kappa shape index (κ2) is 11.5. The van der Waals surface area contributed by atoms with Gasteiger partial charge in [0.1, 0.15) is 23.4 Å². The van der Waals surface area contributed by atoms with E-state index in [1.165, 1.54) is 12.0 Å². The van der Waals surface area contributed by atoms with Gasteiger partial charge in [0.25, 0.3) is 0 Å². The monoisotopic (exact) mass is 533 g/mol. The van der Waals surface area contributed by atoms with Crippen LogP contribution in [0.4, 0.5) is 22.8 Å². The minimum atomic E-state index is -4.81. The molecule has 1 aliphatic rings. The second-order valence-electron chi connectivity index (χ2n) is 10.6. The zero-order valence-electron chi connectivity index (χ0n) is 22.0. The number of methoxy groups -OCH3 is 1. The molecule has 1 aromatic rings. The number of hydrogen-bond donors (Lipinski definition) is 0. The summed E-state index contributed by atoms with van der Waals surface area (Å²) in [5, 5.41) is 0. The Morgan fingerprint density at radius 1 is 0.919 bits per heavy atom. The lowest BCUT2D eigenvalue weighted by molar-refractivity contribution is -0.180. The molecule has 1 heterocycles. The molecule has 2 rings (SSSR count). The summed E-state index contributed by atoms with van der Waals surface area (Å²) < 4.78 is 65.0. The van der Waals surface area contributed by atoms with Crippen LogP contribution in [0, 0.1) is 0 Å². The first-order valence-corrected chi connectivity index (χ1v) is 11.7. The number of nitrogens with zero attached hydrogens (tertiary/aromatic N) is 1. The van der Waals surface area contributed by atoms with Crippen LogP contribution < -0.4 is 4.74 Å². The highest BCUT2D eigenvalue weighted by molar-refractivity contribution is 5.72. The van der Waals surface area contributed by atoms with Gasteiger partial charge >= 0.3 is 24.4 Å². The summed E-state index contributed by atoms with van der Waals surface area (Å²) in [7, 11) is 1.49. The fourth-order valence-electron chi connectivity index (χ4n) is 3.63. The van der Waals surface area contributed by atoms with Gasteiger partial charge in [-0.1, -0.05) is 12.1 Å². The van der Waals surface area contributed by atoms with Gasteiger partial charge in [0.15, 0.2) is 12.2 Å². The maximum atomic E-state index is 13.1. The van der Waals surface area contributed by atoms with E-state index >= 15 is 0 Å². The largest absolute Gasteiger partial charge is 0.509 e. The molecule has 0 saturated carbocycles. The normalized spacial score (nSPS) is 20.3. The van der Waals surface area contributed by atoms with Gasteiger partial charge in [0.05, 0.1) is 19.7 Å². The molecule has 0 aromatic heterocycles. The van der Waals surface area contributed by atoms with E-state index in [9.17, 15) is 27.6 Å². The van der Waals surface area contributed by atoms with Crippen molar-refractivity contribution in [1.82, 2.24) is 4.90 Å². The smallest absolute Gasteiger partial charge is 0.497 e. The number of benzene rings is 1. The molecule has 0 N–H and O–H groups in total. The number of carbonyl (C=O) groups is 3. The van der Waals surface area contributed by atoms with Crippen LogP contribution in [0.1, 0.15) is 53.5 Å². The highest BCUT2D eigenvalue weighted by atomic mass is 19.4. The zero-order valence-corrected chi connectivity index (χ0v) is 22.0. The molecule has 1 amide bonds. The fourth-order valence-corrected chi connectivity index (χ4v) is 3.63. The van der Waals surface area contributed by atoms with Gasteiger partial charge in [-0.15, -0.1) is 0 Å². The molecule has 0 aliphatic carbocycles. The third kappa shape index (κ3) is 10.0. The van der Waals surface area contributed by atoms with Crippen LogP contribution in [-0.4, -0.2) is 72.4 Å². The molecule has 0 spiro atoms. The number of halogens is 3. The number of rotatable bonds is 6. The van der Waals surface area contributed by atoms with Crippen LogP contribution in [0.25, 0.3) is 0 Å². The van der Waals surface area contributed by atoms with Crippen molar-refractivity contribution in [2.24, 2.45) is 0 Å². The standard InChI is InChI=1S/C25H34F3NO8/c1-23(2,3)36-21(31)29-14-18(34-22(32)37-24(4,5)6)20(35-19(30)13-25(26,27)28)17(29)12-15-8-10-16(33-7)11-9-15/h8-11,17-18,20H,12-14H2,1-7H3/t17-,18+,20+/m1/s1. The van der Waals surface area contributed by atoms with Crippen LogP contribution in [0.5, 0.6) is 5.75 Å². The Kier molecular flexibility index (Phi) is 9.32. The third-order valence-electron chi connectivity index (χ3n) is 5.00. The van der Waals surface area contributed by atoms with Crippen molar-refractivity contribution >= 4 is 18.2 Å². The van der Waals surface area contributed by atoms with Crippen LogP contribution in [-0.2, 0) is 30.2 Å². The lowest BCUT2D eigenvalue weighted by atomic mass is 10.0. The minimum absolute atomic E-state index is 0.0569. The van der Waals surface area contributed by atoms with Gasteiger partial charge in [-0.3, -0.25) is 9.69 Å². The Hall–Kier alpha value is -3.18. The molecular formula is C25H34F3NO8. The second-order valence-corrected chi connectivity index (χ2v) is 10.6. The Bertz CT molecular complexity index is 951. The van der Waals surface area contributed by atoms with E-state index in [2.05, 4.69) is 0 Å². The molecule has 0 unspecified atom stereocenters. The van der Waals surface area contributed by atoms with Crippen molar-refractivity contribution in [2.45, 2.75) is 90.0 Å². The number of alkyl halides is 3. The van der Waals surface area contributed by atoms with Crippen molar-refractivity contribution < 1.29 is 51.2 Å². The van der Waals surface area contributed by atoms with Crippen molar-refractivity contribution in [3.63, 3.8) is 0 Å². The maximum absolute atomic E-state index is 13.1. The summed E-state index contributed by atoms with van der Waals surface area (Å²) in [5.74, 6) is -1.00. The summed E-state index contributed by atoms with van der Waals surface area (Å²) in [6.45, 7) is 9.45. The molecule has 12 heteroatoms.